The van der Waals surface area contributed by atoms with E-state index in [1.54, 1.807) is 36.4 Å². The van der Waals surface area contributed by atoms with Crippen molar-refractivity contribution < 1.29 is 13.2 Å². The van der Waals surface area contributed by atoms with Gasteiger partial charge in [0.05, 0.1) is 4.90 Å². The molecule has 0 unspecified atom stereocenters. The molecule has 0 fully saturated rings. The van der Waals surface area contributed by atoms with Crippen LogP contribution in [0.25, 0.3) is 0 Å². The minimum atomic E-state index is -3.79. The normalized spacial score (nSPS) is 10.9. The van der Waals surface area contributed by atoms with Crippen LogP contribution < -0.4 is 15.6 Å². The maximum absolute atomic E-state index is 11.9. The number of carbonyl (C=O) groups excluding carboxylic acids is 1. The number of benzene rings is 2. The Bertz CT molecular complexity index is 713. The average Bonchev–Trinajstić information content (AvgIpc) is 2.47. The molecular formula is C14H15N3O3S. The Labute approximate surface area is 123 Å². The van der Waals surface area contributed by atoms with Gasteiger partial charge in [-0.05, 0) is 31.2 Å². The lowest BCUT2D eigenvalue weighted by Crippen LogP contribution is -2.43. The largest absolute Gasteiger partial charge is 0.334 e. The lowest BCUT2D eigenvalue weighted by molar-refractivity contribution is 0.250. The summed E-state index contributed by atoms with van der Waals surface area (Å²) in [6, 6.07) is 14.3. The summed E-state index contributed by atoms with van der Waals surface area (Å²) in [6.45, 7) is 1.86. The fourth-order valence-electron chi connectivity index (χ4n) is 1.57. The third kappa shape index (κ3) is 4.30. The van der Waals surface area contributed by atoms with E-state index in [2.05, 4.69) is 10.7 Å². The number of carbonyl (C=O) groups is 1. The van der Waals surface area contributed by atoms with Crippen molar-refractivity contribution in [1.82, 2.24) is 10.3 Å². The first-order valence-electron chi connectivity index (χ1n) is 6.18. The van der Waals surface area contributed by atoms with Gasteiger partial charge in [0.15, 0.2) is 0 Å². The minimum absolute atomic E-state index is 0.0770. The number of sulfonamides is 1. The van der Waals surface area contributed by atoms with Crippen LogP contribution in [0.1, 0.15) is 5.56 Å². The number of aryl methyl sites for hydroxylation is 1. The number of anilines is 1. The van der Waals surface area contributed by atoms with Gasteiger partial charge < -0.3 is 5.32 Å². The number of urea groups is 1. The number of hydrogen-bond donors (Lipinski definition) is 3. The van der Waals surface area contributed by atoms with Crippen LogP contribution in [-0.2, 0) is 10.0 Å². The summed E-state index contributed by atoms with van der Waals surface area (Å²) < 4.78 is 23.9. The predicted molar refractivity (Wildman–Crippen MR) is 80.1 cm³/mol. The van der Waals surface area contributed by atoms with Crippen LogP contribution in [-0.4, -0.2) is 14.4 Å². The molecule has 0 bridgehead atoms. The molecule has 3 N–H and O–H groups in total. The van der Waals surface area contributed by atoms with Crippen LogP contribution in [0, 0.1) is 6.92 Å². The molecule has 110 valence electrons. The third-order valence-corrected chi connectivity index (χ3v) is 3.93. The highest BCUT2D eigenvalue weighted by Gasteiger charge is 2.14. The first kappa shape index (κ1) is 15.0. The van der Waals surface area contributed by atoms with Crippen molar-refractivity contribution in [2.45, 2.75) is 11.8 Å². The second-order valence-corrected chi connectivity index (χ2v) is 6.05. The van der Waals surface area contributed by atoms with Crippen molar-refractivity contribution in [3.8, 4) is 0 Å². The highest BCUT2D eigenvalue weighted by Crippen LogP contribution is 2.09. The lowest BCUT2D eigenvalue weighted by Gasteiger charge is -2.09. The maximum Gasteiger partial charge on any atom is 0.334 e. The summed E-state index contributed by atoms with van der Waals surface area (Å²) in [6.07, 6.45) is 0. The first-order valence-corrected chi connectivity index (χ1v) is 7.66. The number of para-hydroxylation sites is 1. The van der Waals surface area contributed by atoms with Gasteiger partial charge >= 0.3 is 6.03 Å². The molecule has 2 rings (SSSR count). The van der Waals surface area contributed by atoms with Gasteiger partial charge in [-0.3, -0.25) is 5.43 Å². The smallest absolute Gasteiger partial charge is 0.307 e. The van der Waals surface area contributed by atoms with Crippen molar-refractivity contribution in [2.24, 2.45) is 0 Å². The van der Waals surface area contributed by atoms with Crippen molar-refractivity contribution in [1.29, 1.82) is 0 Å². The maximum atomic E-state index is 11.9. The Kier molecular flexibility index (Phi) is 4.56. The molecule has 0 aliphatic carbocycles. The van der Waals surface area contributed by atoms with E-state index in [-0.39, 0.29) is 4.90 Å². The summed E-state index contributed by atoms with van der Waals surface area (Å²) in [5, 5.41) is 2.50. The van der Waals surface area contributed by atoms with E-state index < -0.39 is 16.1 Å². The van der Waals surface area contributed by atoms with E-state index >= 15 is 0 Å². The molecule has 21 heavy (non-hydrogen) atoms. The molecule has 7 heteroatoms. The van der Waals surface area contributed by atoms with Gasteiger partial charge in [0.2, 0.25) is 0 Å². The quantitative estimate of drug-likeness (QED) is 0.755. The third-order valence-electron chi connectivity index (χ3n) is 2.66. The van der Waals surface area contributed by atoms with E-state index in [0.717, 1.165) is 5.56 Å². The second-order valence-electron chi connectivity index (χ2n) is 4.36. The van der Waals surface area contributed by atoms with Gasteiger partial charge in [-0.15, -0.1) is 4.83 Å². The van der Waals surface area contributed by atoms with Gasteiger partial charge in [0.25, 0.3) is 10.0 Å². The zero-order chi connectivity index (χ0) is 15.3. The SMILES string of the molecule is Cc1ccc(S(=O)(=O)NNC(=O)Nc2ccccc2)cc1. The molecule has 0 radical (unpaired) electrons. The molecule has 6 nitrogen and oxygen atoms in total. The standard InChI is InChI=1S/C14H15N3O3S/c1-11-7-9-13(10-8-11)21(19,20)17-16-14(18)15-12-5-3-2-4-6-12/h2-10,17H,1H3,(H2,15,16,18). The summed E-state index contributed by atoms with van der Waals surface area (Å²) in [5.41, 5.74) is 3.60. The Hall–Kier alpha value is -2.38. The Balaban J connectivity index is 1.95. The zero-order valence-electron chi connectivity index (χ0n) is 11.3. The summed E-state index contributed by atoms with van der Waals surface area (Å²) >= 11 is 0. The summed E-state index contributed by atoms with van der Waals surface area (Å²) in [7, 11) is -3.79. The van der Waals surface area contributed by atoms with Crippen LogP contribution in [0.5, 0.6) is 0 Å². The van der Waals surface area contributed by atoms with Gasteiger partial charge in [-0.1, -0.05) is 35.9 Å². The number of hydrazine groups is 1. The molecule has 0 saturated heterocycles. The number of rotatable bonds is 4. The number of hydrogen-bond acceptors (Lipinski definition) is 3. The molecule has 2 aromatic carbocycles. The molecule has 0 atom stereocenters. The highest BCUT2D eigenvalue weighted by atomic mass is 32.2. The van der Waals surface area contributed by atoms with E-state index in [4.69, 9.17) is 0 Å². The Morgan fingerprint density at radius 3 is 2.19 bits per heavy atom. The van der Waals surface area contributed by atoms with Crippen molar-refractivity contribution >= 4 is 21.7 Å². The average molecular weight is 305 g/mol. The van der Waals surface area contributed by atoms with Crippen LogP contribution in [0.4, 0.5) is 10.5 Å². The lowest BCUT2D eigenvalue weighted by atomic mass is 10.2. The summed E-state index contributed by atoms with van der Waals surface area (Å²) in [5.74, 6) is 0. The molecule has 0 spiro atoms. The van der Waals surface area contributed by atoms with E-state index in [0.29, 0.717) is 5.69 Å². The van der Waals surface area contributed by atoms with E-state index in [1.165, 1.54) is 12.1 Å². The van der Waals surface area contributed by atoms with Crippen LogP contribution >= 0.6 is 0 Å². The molecule has 0 aliphatic rings. The molecule has 2 amide bonds. The number of nitrogens with one attached hydrogen (secondary N) is 3. The Morgan fingerprint density at radius 1 is 0.952 bits per heavy atom. The zero-order valence-corrected chi connectivity index (χ0v) is 12.1. The molecule has 0 aromatic heterocycles. The van der Waals surface area contributed by atoms with Crippen molar-refractivity contribution in [2.75, 3.05) is 5.32 Å². The fourth-order valence-corrected chi connectivity index (χ4v) is 2.41. The van der Waals surface area contributed by atoms with Gasteiger partial charge in [0, 0.05) is 5.69 Å². The summed E-state index contributed by atoms with van der Waals surface area (Å²) in [4.78, 5) is 13.7. The Morgan fingerprint density at radius 2 is 1.57 bits per heavy atom. The van der Waals surface area contributed by atoms with E-state index in [1.807, 2.05) is 17.8 Å². The molecular weight excluding hydrogens is 290 g/mol. The van der Waals surface area contributed by atoms with Crippen LogP contribution in [0.15, 0.2) is 59.5 Å². The van der Waals surface area contributed by atoms with E-state index in [9.17, 15) is 13.2 Å². The number of amides is 2. The predicted octanol–water partition coefficient (Wildman–Crippen LogP) is 2.01. The monoisotopic (exact) mass is 305 g/mol. The highest BCUT2D eigenvalue weighted by molar-refractivity contribution is 7.89. The minimum Gasteiger partial charge on any atom is -0.307 e. The molecule has 0 heterocycles. The van der Waals surface area contributed by atoms with Crippen molar-refractivity contribution in [3.05, 3.63) is 60.2 Å². The van der Waals surface area contributed by atoms with Crippen LogP contribution in [0.2, 0.25) is 0 Å². The van der Waals surface area contributed by atoms with Gasteiger partial charge in [-0.2, -0.15) is 0 Å². The first-order chi connectivity index (χ1) is 9.97. The topological polar surface area (TPSA) is 87.3 Å². The van der Waals surface area contributed by atoms with Gasteiger partial charge in [-0.25, -0.2) is 13.2 Å². The van der Waals surface area contributed by atoms with Gasteiger partial charge in [0.1, 0.15) is 0 Å². The van der Waals surface area contributed by atoms with Crippen molar-refractivity contribution in [3.63, 3.8) is 0 Å². The molecule has 0 aliphatic heterocycles. The van der Waals surface area contributed by atoms with Crippen LogP contribution in [0.3, 0.4) is 0 Å². The molecule has 2 aromatic rings. The molecule has 0 saturated carbocycles. The second kappa shape index (κ2) is 6.38. The fraction of sp³-hybridized carbons (Fsp3) is 0.0714.